The molecule has 0 aliphatic rings. The third-order valence-corrected chi connectivity index (χ3v) is 5.02. The zero-order chi connectivity index (χ0) is 21.3. The Morgan fingerprint density at radius 3 is 2.23 bits per heavy atom. The normalized spacial score (nSPS) is 10.8. The molecular formula is C25H20O5. The fourth-order valence-corrected chi connectivity index (χ4v) is 3.18. The van der Waals surface area contributed by atoms with Gasteiger partial charge in [0.1, 0.15) is 11.3 Å². The van der Waals surface area contributed by atoms with Crippen molar-refractivity contribution in [2.45, 2.75) is 13.8 Å². The van der Waals surface area contributed by atoms with E-state index in [1.54, 1.807) is 67.8 Å². The van der Waals surface area contributed by atoms with Crippen LogP contribution >= 0.6 is 0 Å². The van der Waals surface area contributed by atoms with Crippen LogP contribution in [-0.4, -0.2) is 13.1 Å². The molecule has 30 heavy (non-hydrogen) atoms. The van der Waals surface area contributed by atoms with Crippen molar-refractivity contribution in [3.63, 3.8) is 0 Å². The van der Waals surface area contributed by atoms with Gasteiger partial charge in [-0.3, -0.25) is 4.79 Å². The minimum absolute atomic E-state index is 0.134. The lowest BCUT2D eigenvalue weighted by molar-refractivity contribution is 0.0731. The molecule has 0 saturated heterocycles. The van der Waals surface area contributed by atoms with Crippen molar-refractivity contribution in [2.75, 3.05) is 7.11 Å². The van der Waals surface area contributed by atoms with E-state index in [-0.39, 0.29) is 11.5 Å². The number of aryl methyl sites for hydroxylation is 2. The number of esters is 1. The Hall–Kier alpha value is -3.86. The first-order valence-corrected chi connectivity index (χ1v) is 9.47. The molecule has 5 nitrogen and oxygen atoms in total. The fraction of sp³-hybridized carbons (Fsp3) is 0.120. The van der Waals surface area contributed by atoms with Gasteiger partial charge >= 0.3 is 5.97 Å². The molecule has 3 aromatic carbocycles. The van der Waals surface area contributed by atoms with Gasteiger partial charge in [-0.2, -0.15) is 0 Å². The largest absolute Gasteiger partial charge is 0.497 e. The average molecular weight is 400 g/mol. The summed E-state index contributed by atoms with van der Waals surface area (Å²) in [5.74, 6) is 0.101. The van der Waals surface area contributed by atoms with Crippen LogP contribution in [0.5, 0.6) is 11.5 Å². The van der Waals surface area contributed by atoms with E-state index in [1.165, 1.54) is 0 Å². The highest BCUT2D eigenvalue weighted by molar-refractivity contribution is 5.93. The van der Waals surface area contributed by atoms with Gasteiger partial charge in [0.05, 0.1) is 18.1 Å². The van der Waals surface area contributed by atoms with Crippen LogP contribution in [0.2, 0.25) is 0 Å². The standard InChI is InChI=1S/C25H20O5/c1-15-13-20-21(14-16(15)2)29-23(17-9-11-19(28-3)12-10-17)24(22(20)26)30-25(27)18-7-5-4-6-8-18/h4-14H,1-3H3. The summed E-state index contributed by atoms with van der Waals surface area (Å²) in [5, 5.41) is 0.367. The molecule has 5 heteroatoms. The van der Waals surface area contributed by atoms with E-state index in [1.807, 2.05) is 19.9 Å². The van der Waals surface area contributed by atoms with E-state index in [4.69, 9.17) is 13.9 Å². The Kier molecular flexibility index (Phi) is 5.11. The molecule has 4 rings (SSSR count). The minimum atomic E-state index is -0.624. The predicted octanol–water partition coefficient (Wildman–Crippen LogP) is 5.30. The number of carbonyl (C=O) groups excluding carboxylic acids is 1. The maximum Gasteiger partial charge on any atom is 0.343 e. The van der Waals surface area contributed by atoms with Crippen molar-refractivity contribution in [1.29, 1.82) is 0 Å². The van der Waals surface area contributed by atoms with Gasteiger partial charge in [-0.25, -0.2) is 4.79 Å². The van der Waals surface area contributed by atoms with E-state index >= 15 is 0 Å². The van der Waals surface area contributed by atoms with Crippen molar-refractivity contribution in [3.05, 3.63) is 93.6 Å². The molecule has 1 heterocycles. The van der Waals surface area contributed by atoms with Gasteiger partial charge in [0.15, 0.2) is 5.76 Å². The van der Waals surface area contributed by atoms with Crippen LogP contribution in [0.15, 0.2) is 75.9 Å². The molecule has 4 aromatic rings. The topological polar surface area (TPSA) is 65.7 Å². The zero-order valence-corrected chi connectivity index (χ0v) is 16.9. The molecule has 0 saturated carbocycles. The summed E-state index contributed by atoms with van der Waals surface area (Å²) in [6, 6.07) is 19.1. The number of benzene rings is 3. The molecular weight excluding hydrogens is 380 g/mol. The molecule has 0 aliphatic carbocycles. The van der Waals surface area contributed by atoms with Crippen LogP contribution in [0.3, 0.4) is 0 Å². The number of hydrogen-bond acceptors (Lipinski definition) is 5. The van der Waals surface area contributed by atoms with Crippen molar-refractivity contribution >= 4 is 16.9 Å². The summed E-state index contributed by atoms with van der Waals surface area (Å²) < 4.78 is 16.9. The minimum Gasteiger partial charge on any atom is -0.497 e. The lowest BCUT2D eigenvalue weighted by Crippen LogP contribution is -2.16. The van der Waals surface area contributed by atoms with Crippen LogP contribution in [0.4, 0.5) is 0 Å². The second kappa shape index (κ2) is 7.87. The lowest BCUT2D eigenvalue weighted by atomic mass is 10.0. The van der Waals surface area contributed by atoms with Gasteiger partial charge in [0.25, 0.3) is 0 Å². The highest BCUT2D eigenvalue weighted by atomic mass is 16.5. The van der Waals surface area contributed by atoms with Gasteiger partial charge in [-0.1, -0.05) is 18.2 Å². The number of fused-ring (bicyclic) bond motifs is 1. The average Bonchev–Trinajstić information content (AvgIpc) is 2.77. The summed E-state index contributed by atoms with van der Waals surface area (Å²) in [4.78, 5) is 26.0. The van der Waals surface area contributed by atoms with Crippen molar-refractivity contribution in [1.82, 2.24) is 0 Å². The third kappa shape index (κ3) is 3.57. The lowest BCUT2D eigenvalue weighted by Gasteiger charge is -2.12. The summed E-state index contributed by atoms with van der Waals surface area (Å²) in [6.07, 6.45) is 0. The SMILES string of the molecule is COc1ccc(-c2oc3cc(C)c(C)cc3c(=O)c2OC(=O)c2ccccc2)cc1. The summed E-state index contributed by atoms with van der Waals surface area (Å²) >= 11 is 0. The molecule has 0 amide bonds. The maximum absolute atomic E-state index is 13.3. The third-order valence-electron chi connectivity index (χ3n) is 5.02. The highest BCUT2D eigenvalue weighted by Gasteiger charge is 2.22. The second-order valence-corrected chi connectivity index (χ2v) is 7.01. The number of rotatable bonds is 4. The predicted molar refractivity (Wildman–Crippen MR) is 115 cm³/mol. The molecule has 0 atom stereocenters. The van der Waals surface area contributed by atoms with Gasteiger partial charge in [0.2, 0.25) is 11.2 Å². The summed E-state index contributed by atoms with van der Waals surface area (Å²) in [7, 11) is 1.57. The molecule has 0 aliphatic heterocycles. The molecule has 150 valence electrons. The summed E-state index contributed by atoms with van der Waals surface area (Å²) in [6.45, 7) is 3.87. The smallest absolute Gasteiger partial charge is 0.343 e. The number of methoxy groups -OCH3 is 1. The van der Waals surface area contributed by atoms with E-state index in [9.17, 15) is 9.59 Å². The van der Waals surface area contributed by atoms with Crippen molar-refractivity contribution in [2.24, 2.45) is 0 Å². The fourth-order valence-electron chi connectivity index (χ4n) is 3.18. The quantitative estimate of drug-likeness (QED) is 0.435. The van der Waals surface area contributed by atoms with Gasteiger partial charge in [-0.15, -0.1) is 0 Å². The molecule has 0 unspecified atom stereocenters. The Morgan fingerprint density at radius 2 is 1.57 bits per heavy atom. The Labute approximate surface area is 173 Å². The van der Waals surface area contributed by atoms with E-state index in [0.29, 0.717) is 27.8 Å². The van der Waals surface area contributed by atoms with Gasteiger partial charge in [-0.05, 0) is 73.5 Å². The molecule has 0 fully saturated rings. The first kappa shape index (κ1) is 19.5. The maximum atomic E-state index is 13.3. The van der Waals surface area contributed by atoms with Gasteiger partial charge < -0.3 is 13.9 Å². The second-order valence-electron chi connectivity index (χ2n) is 7.01. The first-order chi connectivity index (χ1) is 14.5. The molecule has 0 radical (unpaired) electrons. The molecule has 0 bridgehead atoms. The zero-order valence-electron chi connectivity index (χ0n) is 16.9. The number of hydrogen-bond donors (Lipinski definition) is 0. The summed E-state index contributed by atoms with van der Waals surface area (Å²) in [5.41, 5.74) is 2.94. The van der Waals surface area contributed by atoms with Crippen LogP contribution < -0.4 is 14.9 Å². The van der Waals surface area contributed by atoms with E-state index < -0.39 is 11.4 Å². The van der Waals surface area contributed by atoms with E-state index in [2.05, 4.69) is 0 Å². The molecule has 1 aromatic heterocycles. The number of ether oxygens (including phenoxy) is 2. The van der Waals surface area contributed by atoms with Crippen LogP contribution in [0.1, 0.15) is 21.5 Å². The Balaban J connectivity index is 1.92. The molecule has 0 spiro atoms. The first-order valence-electron chi connectivity index (χ1n) is 9.47. The Morgan fingerprint density at radius 1 is 0.900 bits per heavy atom. The highest BCUT2D eigenvalue weighted by Crippen LogP contribution is 2.33. The van der Waals surface area contributed by atoms with Gasteiger partial charge in [0, 0.05) is 5.56 Å². The number of carbonyl (C=O) groups is 1. The van der Waals surface area contributed by atoms with Crippen LogP contribution in [0.25, 0.3) is 22.3 Å². The van der Waals surface area contributed by atoms with Crippen molar-refractivity contribution < 1.29 is 18.7 Å². The van der Waals surface area contributed by atoms with E-state index in [0.717, 1.165) is 11.1 Å². The van der Waals surface area contributed by atoms with Crippen LogP contribution in [0, 0.1) is 13.8 Å². The monoisotopic (exact) mass is 400 g/mol. The Bertz CT molecular complexity index is 1290. The van der Waals surface area contributed by atoms with Crippen molar-refractivity contribution in [3.8, 4) is 22.8 Å². The van der Waals surface area contributed by atoms with Crippen LogP contribution in [-0.2, 0) is 0 Å². The molecule has 0 N–H and O–H groups in total.